The molecular weight excluding hydrogens is 272 g/mol. The molecule has 0 aliphatic heterocycles. The molecule has 2 rings (SSSR count). The standard InChI is InChI=1S/C11H6N2O3S2/c12-7-8-6-10(13(14)15)11(17-8)18(16)9-4-2-1-3-5-9/h1-6H. The van der Waals surface area contributed by atoms with Crippen molar-refractivity contribution < 1.29 is 9.13 Å². The van der Waals surface area contributed by atoms with Gasteiger partial charge in [0, 0.05) is 11.0 Å². The molecule has 1 heterocycles. The third-order valence-electron chi connectivity index (χ3n) is 2.11. The maximum Gasteiger partial charge on any atom is 0.298 e. The van der Waals surface area contributed by atoms with Crippen molar-refractivity contribution in [2.75, 3.05) is 0 Å². The van der Waals surface area contributed by atoms with Gasteiger partial charge in [0.15, 0.2) is 4.21 Å². The van der Waals surface area contributed by atoms with E-state index in [-0.39, 0.29) is 14.8 Å². The maximum atomic E-state index is 12.2. The van der Waals surface area contributed by atoms with Crippen LogP contribution in [0.4, 0.5) is 5.69 Å². The lowest BCUT2D eigenvalue weighted by atomic mass is 10.4. The molecule has 0 spiro atoms. The number of hydrogen-bond acceptors (Lipinski definition) is 5. The van der Waals surface area contributed by atoms with Gasteiger partial charge < -0.3 is 0 Å². The van der Waals surface area contributed by atoms with Gasteiger partial charge >= 0.3 is 0 Å². The number of rotatable bonds is 3. The summed E-state index contributed by atoms with van der Waals surface area (Å²) in [5.41, 5.74) is -0.265. The zero-order chi connectivity index (χ0) is 13.1. The number of nitrogens with zero attached hydrogens (tertiary/aromatic N) is 2. The lowest BCUT2D eigenvalue weighted by Gasteiger charge is -1.98. The summed E-state index contributed by atoms with van der Waals surface area (Å²) in [7, 11) is -1.63. The molecule has 0 saturated heterocycles. The average molecular weight is 278 g/mol. The Labute approximate surface area is 109 Å². The molecule has 5 nitrogen and oxygen atoms in total. The smallest absolute Gasteiger partial charge is 0.258 e. The minimum Gasteiger partial charge on any atom is -0.258 e. The largest absolute Gasteiger partial charge is 0.298 e. The van der Waals surface area contributed by atoms with Crippen LogP contribution in [0.1, 0.15) is 4.88 Å². The molecule has 18 heavy (non-hydrogen) atoms. The molecule has 1 aromatic heterocycles. The average Bonchev–Trinajstić information content (AvgIpc) is 2.83. The van der Waals surface area contributed by atoms with Crippen LogP contribution in [0.2, 0.25) is 0 Å². The van der Waals surface area contributed by atoms with Crippen molar-refractivity contribution in [2.24, 2.45) is 0 Å². The van der Waals surface area contributed by atoms with E-state index in [0.29, 0.717) is 4.90 Å². The Morgan fingerprint density at radius 3 is 2.56 bits per heavy atom. The molecule has 0 bridgehead atoms. The summed E-state index contributed by atoms with van der Waals surface area (Å²) in [6.07, 6.45) is 0. The van der Waals surface area contributed by atoms with Crippen LogP contribution in [0, 0.1) is 21.4 Å². The second kappa shape index (κ2) is 5.08. The van der Waals surface area contributed by atoms with E-state index >= 15 is 0 Å². The van der Waals surface area contributed by atoms with Crippen LogP contribution in [-0.2, 0) is 10.8 Å². The number of nitriles is 1. The topological polar surface area (TPSA) is 84.0 Å². The monoisotopic (exact) mass is 278 g/mol. The Hall–Kier alpha value is -2.04. The summed E-state index contributed by atoms with van der Waals surface area (Å²) in [5.74, 6) is 0. The van der Waals surface area contributed by atoms with Gasteiger partial charge in [-0.2, -0.15) is 5.26 Å². The van der Waals surface area contributed by atoms with Gasteiger partial charge in [-0.05, 0) is 12.1 Å². The van der Waals surface area contributed by atoms with Gasteiger partial charge in [0.25, 0.3) is 5.69 Å². The van der Waals surface area contributed by atoms with Gasteiger partial charge in [0.05, 0.1) is 4.92 Å². The van der Waals surface area contributed by atoms with Crippen molar-refractivity contribution in [3.05, 3.63) is 51.4 Å². The van der Waals surface area contributed by atoms with E-state index in [1.165, 1.54) is 0 Å². The molecule has 0 N–H and O–H groups in total. The maximum absolute atomic E-state index is 12.2. The molecule has 7 heteroatoms. The molecule has 0 aliphatic carbocycles. The summed E-state index contributed by atoms with van der Waals surface area (Å²) >= 11 is 0.888. The molecule has 1 atom stereocenters. The van der Waals surface area contributed by atoms with Gasteiger partial charge in [-0.25, -0.2) is 4.21 Å². The fourth-order valence-corrected chi connectivity index (χ4v) is 3.79. The summed E-state index contributed by atoms with van der Waals surface area (Å²) in [6.45, 7) is 0. The lowest BCUT2D eigenvalue weighted by Crippen LogP contribution is -1.94. The Kier molecular flexibility index (Phi) is 3.50. The molecule has 0 fully saturated rings. The molecule has 0 radical (unpaired) electrons. The van der Waals surface area contributed by atoms with E-state index in [4.69, 9.17) is 5.26 Å². The lowest BCUT2D eigenvalue weighted by molar-refractivity contribution is -0.387. The van der Waals surface area contributed by atoms with Crippen molar-refractivity contribution in [2.45, 2.75) is 9.10 Å². The Morgan fingerprint density at radius 2 is 2.00 bits per heavy atom. The highest BCUT2D eigenvalue weighted by atomic mass is 32.2. The third-order valence-corrected chi connectivity index (χ3v) is 4.89. The highest BCUT2D eigenvalue weighted by molar-refractivity contribution is 7.87. The first kappa shape index (κ1) is 12.4. The molecule has 1 aromatic carbocycles. The first-order valence-corrected chi connectivity index (χ1v) is 6.75. The Morgan fingerprint density at radius 1 is 1.33 bits per heavy atom. The number of thiophene rings is 1. The first-order chi connectivity index (χ1) is 8.63. The minimum atomic E-state index is -1.63. The van der Waals surface area contributed by atoms with Gasteiger partial charge in [0.1, 0.15) is 21.7 Å². The van der Waals surface area contributed by atoms with Crippen LogP contribution in [0.5, 0.6) is 0 Å². The van der Waals surface area contributed by atoms with Gasteiger partial charge in [-0.3, -0.25) is 10.1 Å². The van der Waals surface area contributed by atoms with E-state index in [2.05, 4.69) is 0 Å². The Balaban J connectivity index is 2.52. The zero-order valence-electron chi connectivity index (χ0n) is 8.90. The summed E-state index contributed by atoms with van der Waals surface area (Å²) < 4.78 is 12.3. The van der Waals surface area contributed by atoms with E-state index in [0.717, 1.165) is 17.4 Å². The summed E-state index contributed by atoms with van der Waals surface area (Å²) in [5, 5.41) is 19.6. The normalized spacial score (nSPS) is 11.7. The number of nitro groups is 1. The van der Waals surface area contributed by atoms with E-state index < -0.39 is 15.7 Å². The number of benzene rings is 1. The van der Waals surface area contributed by atoms with Crippen LogP contribution in [0.25, 0.3) is 0 Å². The predicted molar refractivity (Wildman–Crippen MR) is 66.8 cm³/mol. The molecule has 0 amide bonds. The van der Waals surface area contributed by atoms with Crippen LogP contribution < -0.4 is 0 Å². The molecule has 1 unspecified atom stereocenters. The highest BCUT2D eigenvalue weighted by Crippen LogP contribution is 2.34. The molecule has 90 valence electrons. The van der Waals surface area contributed by atoms with Crippen molar-refractivity contribution in [1.82, 2.24) is 0 Å². The SMILES string of the molecule is N#Cc1cc([N+](=O)[O-])c(S(=O)c2ccccc2)s1. The van der Waals surface area contributed by atoms with Crippen LogP contribution in [-0.4, -0.2) is 9.13 Å². The van der Waals surface area contributed by atoms with Crippen molar-refractivity contribution >= 4 is 27.8 Å². The molecule has 0 saturated carbocycles. The van der Waals surface area contributed by atoms with E-state index in [9.17, 15) is 14.3 Å². The highest BCUT2D eigenvalue weighted by Gasteiger charge is 2.24. The third kappa shape index (κ3) is 2.30. The molecule has 2 aromatic rings. The first-order valence-electron chi connectivity index (χ1n) is 4.78. The molecule has 0 aliphatic rings. The van der Waals surface area contributed by atoms with Crippen LogP contribution >= 0.6 is 11.3 Å². The van der Waals surface area contributed by atoms with Crippen molar-refractivity contribution in [3.63, 3.8) is 0 Å². The van der Waals surface area contributed by atoms with Gasteiger partial charge in [-0.1, -0.05) is 18.2 Å². The fraction of sp³-hybridized carbons (Fsp3) is 0. The van der Waals surface area contributed by atoms with E-state index in [1.54, 1.807) is 30.3 Å². The summed E-state index contributed by atoms with van der Waals surface area (Å²) in [6, 6.07) is 11.4. The summed E-state index contributed by atoms with van der Waals surface area (Å²) in [4.78, 5) is 10.9. The van der Waals surface area contributed by atoms with Crippen LogP contribution in [0.3, 0.4) is 0 Å². The fourth-order valence-electron chi connectivity index (χ4n) is 1.33. The second-order valence-electron chi connectivity index (χ2n) is 3.23. The quantitative estimate of drug-likeness (QED) is 0.638. The van der Waals surface area contributed by atoms with E-state index in [1.807, 2.05) is 6.07 Å². The van der Waals surface area contributed by atoms with Gasteiger partial charge in [0.2, 0.25) is 0 Å². The van der Waals surface area contributed by atoms with Crippen LogP contribution in [0.15, 0.2) is 45.5 Å². The Bertz CT molecular complexity index is 659. The predicted octanol–water partition coefficient (Wildman–Crippen LogP) is 2.69. The number of hydrogen-bond donors (Lipinski definition) is 0. The van der Waals surface area contributed by atoms with Crippen molar-refractivity contribution in [1.29, 1.82) is 5.26 Å². The van der Waals surface area contributed by atoms with Gasteiger partial charge in [-0.15, -0.1) is 11.3 Å². The van der Waals surface area contributed by atoms with Crippen molar-refractivity contribution in [3.8, 4) is 6.07 Å². The second-order valence-corrected chi connectivity index (χ2v) is 5.96. The molecular formula is C11H6N2O3S2. The minimum absolute atomic E-state index is 0.0998. The zero-order valence-corrected chi connectivity index (χ0v) is 10.5.